The summed E-state index contributed by atoms with van der Waals surface area (Å²) in [4.78, 5) is 0. The van der Waals surface area contributed by atoms with Crippen molar-refractivity contribution in [3.8, 4) is 0 Å². The van der Waals surface area contributed by atoms with Crippen molar-refractivity contribution in [2.24, 2.45) is 0 Å². The van der Waals surface area contributed by atoms with Crippen LogP contribution in [0.4, 0.5) is 0 Å². The fraction of sp³-hybridized carbons (Fsp3) is 0.778. The molecular formula is C9H16O. The first-order valence-corrected chi connectivity index (χ1v) is 3.99. The lowest BCUT2D eigenvalue weighted by Gasteiger charge is -2.05. The van der Waals surface area contributed by atoms with Crippen molar-refractivity contribution < 1.29 is 4.74 Å². The molecule has 10 heavy (non-hydrogen) atoms. The van der Waals surface area contributed by atoms with Crippen LogP contribution in [0.25, 0.3) is 0 Å². The van der Waals surface area contributed by atoms with Crippen LogP contribution in [-0.4, -0.2) is 12.2 Å². The Hall–Kier alpha value is -0.300. The molecular weight excluding hydrogens is 124 g/mol. The van der Waals surface area contributed by atoms with Gasteiger partial charge in [0.15, 0.2) is 0 Å². The minimum absolute atomic E-state index is 0.403. The quantitative estimate of drug-likeness (QED) is 0.508. The molecule has 0 aromatic heterocycles. The zero-order valence-corrected chi connectivity index (χ0v) is 7.05. The van der Waals surface area contributed by atoms with Gasteiger partial charge in [-0.15, -0.1) is 0 Å². The summed E-state index contributed by atoms with van der Waals surface area (Å²) >= 11 is 0. The molecule has 1 saturated heterocycles. The van der Waals surface area contributed by atoms with Crippen LogP contribution in [0.1, 0.15) is 33.6 Å². The molecule has 0 unspecified atom stereocenters. The summed E-state index contributed by atoms with van der Waals surface area (Å²) in [7, 11) is 0. The van der Waals surface area contributed by atoms with Gasteiger partial charge in [0.05, 0.1) is 12.2 Å². The van der Waals surface area contributed by atoms with Crippen molar-refractivity contribution in [2.45, 2.75) is 45.8 Å². The summed E-state index contributed by atoms with van der Waals surface area (Å²) < 4.78 is 5.60. The molecule has 0 spiro atoms. The van der Waals surface area contributed by atoms with Gasteiger partial charge < -0.3 is 4.74 Å². The largest absolute Gasteiger partial charge is 0.371 e. The third-order valence-corrected chi connectivity index (χ3v) is 1.78. The van der Waals surface area contributed by atoms with Gasteiger partial charge in [0, 0.05) is 0 Å². The van der Waals surface area contributed by atoms with Crippen molar-refractivity contribution in [2.75, 3.05) is 0 Å². The van der Waals surface area contributed by atoms with Crippen molar-refractivity contribution in [1.29, 1.82) is 0 Å². The Morgan fingerprint density at radius 3 is 2.50 bits per heavy atom. The van der Waals surface area contributed by atoms with Gasteiger partial charge in [-0.25, -0.2) is 0 Å². The Labute approximate surface area is 63.1 Å². The molecule has 0 aromatic rings. The second kappa shape index (κ2) is 3.20. The summed E-state index contributed by atoms with van der Waals surface area (Å²) in [5, 5.41) is 0. The molecule has 0 saturated carbocycles. The first-order valence-electron chi connectivity index (χ1n) is 3.99. The topological polar surface area (TPSA) is 9.23 Å². The molecule has 1 aliphatic rings. The van der Waals surface area contributed by atoms with Gasteiger partial charge in [0.1, 0.15) is 0 Å². The molecule has 0 aliphatic carbocycles. The third kappa shape index (κ3) is 2.14. The van der Waals surface area contributed by atoms with E-state index < -0.39 is 0 Å². The first kappa shape index (κ1) is 7.80. The molecule has 1 rings (SSSR count). The highest BCUT2D eigenvalue weighted by molar-refractivity contribution is 5.00. The van der Waals surface area contributed by atoms with E-state index in [2.05, 4.69) is 26.8 Å². The number of hydrogen-bond donors (Lipinski definition) is 0. The van der Waals surface area contributed by atoms with E-state index in [1.165, 1.54) is 18.4 Å². The van der Waals surface area contributed by atoms with Crippen LogP contribution in [0.2, 0.25) is 0 Å². The molecule has 0 amide bonds. The van der Waals surface area contributed by atoms with E-state index in [0.717, 1.165) is 0 Å². The van der Waals surface area contributed by atoms with E-state index in [1.807, 2.05) is 0 Å². The molecule has 1 heteroatoms. The van der Waals surface area contributed by atoms with Gasteiger partial charge in [-0.1, -0.05) is 11.6 Å². The van der Waals surface area contributed by atoms with Crippen molar-refractivity contribution in [3.63, 3.8) is 0 Å². The number of ether oxygens (including phenoxy) is 1. The normalized spacial score (nSPS) is 32.3. The highest BCUT2D eigenvalue weighted by Crippen LogP contribution is 2.20. The zero-order valence-electron chi connectivity index (χ0n) is 7.05. The maximum Gasteiger partial charge on any atom is 0.0762 e. The highest BCUT2D eigenvalue weighted by atomic mass is 16.5. The van der Waals surface area contributed by atoms with Crippen LogP contribution in [0.3, 0.4) is 0 Å². The number of rotatable bonds is 1. The Bertz CT molecular complexity index is 134. The Morgan fingerprint density at radius 1 is 1.40 bits per heavy atom. The molecule has 0 bridgehead atoms. The predicted molar refractivity (Wildman–Crippen MR) is 43.0 cm³/mol. The monoisotopic (exact) mass is 140 g/mol. The van der Waals surface area contributed by atoms with E-state index in [9.17, 15) is 0 Å². The number of allylic oxidation sites excluding steroid dienone is 1. The fourth-order valence-corrected chi connectivity index (χ4v) is 1.33. The third-order valence-electron chi connectivity index (χ3n) is 1.78. The lowest BCUT2D eigenvalue weighted by atomic mass is 10.1. The predicted octanol–water partition coefficient (Wildman–Crippen LogP) is 2.52. The summed E-state index contributed by atoms with van der Waals surface area (Å²) in [6.07, 6.45) is 5.50. The molecule has 1 heterocycles. The molecule has 0 aromatic carbocycles. The van der Waals surface area contributed by atoms with E-state index in [-0.39, 0.29) is 0 Å². The minimum Gasteiger partial charge on any atom is -0.371 e. The van der Waals surface area contributed by atoms with E-state index in [1.54, 1.807) is 0 Å². The van der Waals surface area contributed by atoms with E-state index in [0.29, 0.717) is 12.2 Å². The maximum absolute atomic E-state index is 5.60. The van der Waals surface area contributed by atoms with Gasteiger partial charge in [0.25, 0.3) is 0 Å². The van der Waals surface area contributed by atoms with Gasteiger partial charge in [0.2, 0.25) is 0 Å². The molecule has 1 nitrogen and oxygen atoms in total. The average Bonchev–Trinajstić information content (AvgIpc) is 2.13. The van der Waals surface area contributed by atoms with Crippen molar-refractivity contribution in [1.82, 2.24) is 0 Å². The van der Waals surface area contributed by atoms with Gasteiger partial charge in [-0.2, -0.15) is 0 Å². The van der Waals surface area contributed by atoms with Gasteiger partial charge in [-0.05, 0) is 33.6 Å². The summed E-state index contributed by atoms with van der Waals surface area (Å²) in [5.74, 6) is 0. The lowest BCUT2D eigenvalue weighted by molar-refractivity contribution is 0.0829. The fourth-order valence-electron chi connectivity index (χ4n) is 1.33. The van der Waals surface area contributed by atoms with Gasteiger partial charge >= 0.3 is 0 Å². The van der Waals surface area contributed by atoms with Crippen LogP contribution in [0.15, 0.2) is 11.6 Å². The average molecular weight is 140 g/mol. The Morgan fingerprint density at radius 2 is 2.10 bits per heavy atom. The molecule has 1 aliphatic heterocycles. The lowest BCUT2D eigenvalue weighted by Crippen LogP contribution is -2.04. The summed E-state index contributed by atoms with van der Waals surface area (Å²) in [6, 6.07) is 0. The van der Waals surface area contributed by atoms with E-state index >= 15 is 0 Å². The SMILES string of the molecule is CC(C)=C[C@@H]1CC[C@@H](C)O1. The smallest absolute Gasteiger partial charge is 0.0762 e. The Balaban J connectivity index is 2.38. The van der Waals surface area contributed by atoms with Crippen molar-refractivity contribution >= 4 is 0 Å². The summed E-state index contributed by atoms with van der Waals surface area (Å²) in [5.41, 5.74) is 1.36. The zero-order chi connectivity index (χ0) is 7.56. The van der Waals surface area contributed by atoms with Crippen LogP contribution in [-0.2, 0) is 4.74 Å². The van der Waals surface area contributed by atoms with Crippen molar-refractivity contribution in [3.05, 3.63) is 11.6 Å². The molecule has 1 fully saturated rings. The second-order valence-electron chi connectivity index (χ2n) is 3.31. The van der Waals surface area contributed by atoms with Crippen LogP contribution < -0.4 is 0 Å². The molecule has 0 radical (unpaired) electrons. The molecule has 58 valence electrons. The van der Waals surface area contributed by atoms with E-state index in [4.69, 9.17) is 4.74 Å². The first-order chi connectivity index (χ1) is 4.68. The van der Waals surface area contributed by atoms with Crippen LogP contribution in [0.5, 0.6) is 0 Å². The highest BCUT2D eigenvalue weighted by Gasteiger charge is 2.18. The maximum atomic E-state index is 5.60. The second-order valence-corrected chi connectivity index (χ2v) is 3.31. The Kier molecular flexibility index (Phi) is 2.50. The number of hydrogen-bond acceptors (Lipinski definition) is 1. The minimum atomic E-state index is 0.403. The molecule has 2 atom stereocenters. The van der Waals surface area contributed by atoms with Gasteiger partial charge in [-0.3, -0.25) is 0 Å². The summed E-state index contributed by atoms with van der Waals surface area (Å²) in [6.45, 7) is 6.37. The van der Waals surface area contributed by atoms with Crippen LogP contribution in [0, 0.1) is 0 Å². The standard InChI is InChI=1S/C9H16O/c1-7(2)6-9-5-4-8(3)10-9/h6,8-9H,4-5H2,1-3H3/t8-,9+/m1/s1. The molecule has 0 N–H and O–H groups in total. The van der Waals surface area contributed by atoms with Crippen LogP contribution >= 0.6 is 0 Å².